The number of rotatable bonds is 3. The van der Waals surface area contributed by atoms with Gasteiger partial charge >= 0.3 is 0 Å². The summed E-state index contributed by atoms with van der Waals surface area (Å²) in [5, 5.41) is 13.0. The molecule has 1 amide bonds. The van der Waals surface area contributed by atoms with Gasteiger partial charge in [0.25, 0.3) is 0 Å². The minimum absolute atomic E-state index is 0.103. The molecule has 1 aromatic heterocycles. The van der Waals surface area contributed by atoms with Gasteiger partial charge in [-0.05, 0) is 48.6 Å². The van der Waals surface area contributed by atoms with E-state index >= 15 is 0 Å². The number of nitrogens with one attached hydrogen (secondary N) is 1. The Labute approximate surface area is 151 Å². The minimum Gasteiger partial charge on any atom is -0.508 e. The number of benzene rings is 2. The summed E-state index contributed by atoms with van der Waals surface area (Å²) in [5.74, 6) is 1.04. The molecular weight excluding hydrogens is 330 g/mol. The predicted molar refractivity (Wildman–Crippen MR) is 99.7 cm³/mol. The Balaban J connectivity index is 1.67. The molecule has 134 valence electrons. The standard InChI is InChI=1S/C20H21N3O3/c1-23-15-9-5-11-17(26-2)18(15)21-20(23)22-19(25)14-8-3-7-13-12(14)6-4-10-16(13)24/h4-6,9-11,14,24H,3,7-8H2,1-2H3,(H,21,22,25). The van der Waals surface area contributed by atoms with Crippen molar-refractivity contribution in [3.63, 3.8) is 0 Å². The van der Waals surface area contributed by atoms with E-state index in [1.54, 1.807) is 19.2 Å². The van der Waals surface area contributed by atoms with Crippen molar-refractivity contribution in [2.45, 2.75) is 25.2 Å². The van der Waals surface area contributed by atoms with Crippen molar-refractivity contribution in [3.8, 4) is 11.5 Å². The first kappa shape index (κ1) is 16.4. The number of hydrogen-bond donors (Lipinski definition) is 2. The Hall–Kier alpha value is -3.02. The lowest BCUT2D eigenvalue weighted by molar-refractivity contribution is -0.117. The van der Waals surface area contributed by atoms with Gasteiger partial charge in [0.1, 0.15) is 17.0 Å². The van der Waals surface area contributed by atoms with Crippen LogP contribution >= 0.6 is 0 Å². The Bertz CT molecular complexity index is 993. The van der Waals surface area contributed by atoms with E-state index < -0.39 is 0 Å². The van der Waals surface area contributed by atoms with Crippen LogP contribution in [0.2, 0.25) is 0 Å². The Morgan fingerprint density at radius 1 is 1.31 bits per heavy atom. The third kappa shape index (κ3) is 2.58. The number of anilines is 1. The number of methoxy groups -OCH3 is 1. The molecule has 0 radical (unpaired) electrons. The average molecular weight is 351 g/mol. The number of ether oxygens (including phenoxy) is 1. The molecule has 26 heavy (non-hydrogen) atoms. The number of amides is 1. The van der Waals surface area contributed by atoms with Gasteiger partial charge in [0.05, 0.1) is 18.5 Å². The molecule has 0 saturated carbocycles. The highest BCUT2D eigenvalue weighted by Crippen LogP contribution is 2.37. The highest BCUT2D eigenvalue weighted by Gasteiger charge is 2.29. The Kier molecular flexibility index (Phi) is 4.03. The summed E-state index contributed by atoms with van der Waals surface area (Å²) in [7, 11) is 3.47. The average Bonchev–Trinajstić information content (AvgIpc) is 2.97. The van der Waals surface area contributed by atoms with E-state index in [0.29, 0.717) is 11.7 Å². The molecule has 3 aromatic rings. The molecule has 1 aliphatic rings. The predicted octanol–water partition coefficient (Wildman–Crippen LogP) is 3.35. The second-order valence-electron chi connectivity index (χ2n) is 6.60. The maximum absolute atomic E-state index is 12.9. The van der Waals surface area contributed by atoms with Crippen LogP contribution in [0.1, 0.15) is 29.9 Å². The number of aromatic hydroxyl groups is 1. The Morgan fingerprint density at radius 3 is 2.92 bits per heavy atom. The molecule has 4 rings (SSSR count). The fraction of sp³-hybridized carbons (Fsp3) is 0.300. The van der Waals surface area contributed by atoms with Crippen molar-refractivity contribution in [3.05, 3.63) is 47.5 Å². The third-order valence-corrected chi connectivity index (χ3v) is 5.13. The zero-order chi connectivity index (χ0) is 18.3. The normalized spacial score (nSPS) is 16.3. The quantitative estimate of drug-likeness (QED) is 0.759. The number of carbonyl (C=O) groups is 1. The maximum Gasteiger partial charge on any atom is 0.234 e. The van der Waals surface area contributed by atoms with E-state index in [1.165, 1.54) is 0 Å². The van der Waals surface area contributed by atoms with Crippen LogP contribution in [0, 0.1) is 0 Å². The summed E-state index contributed by atoms with van der Waals surface area (Å²) < 4.78 is 7.21. The number of aryl methyl sites for hydroxylation is 1. The lowest BCUT2D eigenvalue weighted by Crippen LogP contribution is -2.26. The monoisotopic (exact) mass is 351 g/mol. The second kappa shape index (κ2) is 6.37. The number of phenols is 1. The highest BCUT2D eigenvalue weighted by molar-refractivity contribution is 5.97. The van der Waals surface area contributed by atoms with Crippen molar-refractivity contribution in [2.75, 3.05) is 12.4 Å². The smallest absolute Gasteiger partial charge is 0.234 e. The number of carbonyl (C=O) groups excluding carboxylic acids is 1. The van der Waals surface area contributed by atoms with Gasteiger partial charge in [-0.25, -0.2) is 4.98 Å². The van der Waals surface area contributed by atoms with Crippen molar-refractivity contribution < 1.29 is 14.6 Å². The molecule has 0 aliphatic heterocycles. The van der Waals surface area contributed by atoms with E-state index in [-0.39, 0.29) is 17.6 Å². The van der Waals surface area contributed by atoms with Crippen LogP contribution < -0.4 is 10.1 Å². The van der Waals surface area contributed by atoms with Gasteiger partial charge in [-0.1, -0.05) is 18.2 Å². The first-order valence-corrected chi connectivity index (χ1v) is 8.71. The number of hydrogen-bond acceptors (Lipinski definition) is 4. The van der Waals surface area contributed by atoms with Crippen molar-refractivity contribution in [1.29, 1.82) is 0 Å². The number of nitrogens with zero attached hydrogens (tertiary/aromatic N) is 2. The van der Waals surface area contributed by atoms with Gasteiger partial charge in [-0.3, -0.25) is 10.1 Å². The summed E-state index contributed by atoms with van der Waals surface area (Å²) in [6.07, 6.45) is 2.43. The molecule has 1 heterocycles. The lowest BCUT2D eigenvalue weighted by atomic mass is 9.82. The highest BCUT2D eigenvalue weighted by atomic mass is 16.5. The van der Waals surface area contributed by atoms with Gasteiger partial charge in [-0.2, -0.15) is 0 Å². The molecule has 0 bridgehead atoms. The molecule has 2 aromatic carbocycles. The number of para-hydroxylation sites is 1. The first-order chi connectivity index (χ1) is 12.6. The van der Waals surface area contributed by atoms with Crippen molar-refractivity contribution in [1.82, 2.24) is 9.55 Å². The van der Waals surface area contributed by atoms with E-state index in [1.807, 2.05) is 35.9 Å². The van der Waals surface area contributed by atoms with Crippen LogP contribution in [0.25, 0.3) is 11.0 Å². The second-order valence-corrected chi connectivity index (χ2v) is 6.60. The van der Waals surface area contributed by atoms with Crippen LogP contribution in [0.4, 0.5) is 5.95 Å². The van der Waals surface area contributed by atoms with E-state index in [0.717, 1.165) is 41.4 Å². The number of imidazole rings is 1. The zero-order valence-electron chi connectivity index (χ0n) is 14.8. The third-order valence-electron chi connectivity index (χ3n) is 5.13. The van der Waals surface area contributed by atoms with Crippen LogP contribution in [0.5, 0.6) is 11.5 Å². The molecule has 0 saturated heterocycles. The topological polar surface area (TPSA) is 76.4 Å². The van der Waals surface area contributed by atoms with E-state index in [2.05, 4.69) is 10.3 Å². The van der Waals surface area contributed by atoms with Crippen LogP contribution in [0.3, 0.4) is 0 Å². The summed E-state index contributed by atoms with van der Waals surface area (Å²) >= 11 is 0. The van der Waals surface area contributed by atoms with Gasteiger partial charge in [0.2, 0.25) is 11.9 Å². The van der Waals surface area contributed by atoms with E-state index in [4.69, 9.17) is 4.74 Å². The largest absolute Gasteiger partial charge is 0.508 e. The molecule has 1 atom stereocenters. The fourth-order valence-corrected chi connectivity index (χ4v) is 3.76. The van der Waals surface area contributed by atoms with Gasteiger partial charge in [0, 0.05) is 7.05 Å². The number of fused-ring (bicyclic) bond motifs is 2. The van der Waals surface area contributed by atoms with Crippen molar-refractivity contribution >= 4 is 22.9 Å². The minimum atomic E-state index is -0.285. The molecule has 1 aliphatic carbocycles. The maximum atomic E-state index is 12.9. The van der Waals surface area contributed by atoms with Crippen LogP contribution in [-0.2, 0) is 18.3 Å². The van der Waals surface area contributed by atoms with Gasteiger partial charge < -0.3 is 14.4 Å². The molecule has 0 fully saturated rings. The molecule has 6 heteroatoms. The SMILES string of the molecule is COc1cccc2c1nc(NC(=O)C1CCCc3c(O)cccc31)n2C. The Morgan fingerprint density at radius 2 is 2.12 bits per heavy atom. The molecular formula is C20H21N3O3. The van der Waals surface area contributed by atoms with E-state index in [9.17, 15) is 9.90 Å². The molecule has 1 unspecified atom stereocenters. The summed E-state index contributed by atoms with van der Waals surface area (Å²) in [6, 6.07) is 11.1. The van der Waals surface area contributed by atoms with Crippen LogP contribution in [-0.4, -0.2) is 27.7 Å². The molecule has 6 nitrogen and oxygen atoms in total. The molecule has 2 N–H and O–H groups in total. The first-order valence-electron chi connectivity index (χ1n) is 8.71. The van der Waals surface area contributed by atoms with Crippen molar-refractivity contribution in [2.24, 2.45) is 7.05 Å². The number of phenolic OH excluding ortho intramolecular Hbond substituents is 1. The van der Waals surface area contributed by atoms with Crippen LogP contribution in [0.15, 0.2) is 36.4 Å². The summed E-state index contributed by atoms with van der Waals surface area (Å²) in [5.41, 5.74) is 3.39. The fourth-order valence-electron chi connectivity index (χ4n) is 3.76. The zero-order valence-corrected chi connectivity index (χ0v) is 14.8. The lowest BCUT2D eigenvalue weighted by Gasteiger charge is -2.25. The van der Waals surface area contributed by atoms with Gasteiger partial charge in [0.15, 0.2) is 0 Å². The van der Waals surface area contributed by atoms with Gasteiger partial charge in [-0.15, -0.1) is 0 Å². The number of aromatic nitrogens is 2. The summed E-state index contributed by atoms with van der Waals surface area (Å²) in [4.78, 5) is 17.5. The summed E-state index contributed by atoms with van der Waals surface area (Å²) in [6.45, 7) is 0. The molecule has 0 spiro atoms.